The largest absolute Gasteiger partial charge is 0.469 e. The van der Waals surface area contributed by atoms with Crippen LogP contribution in [0.2, 0.25) is 5.02 Å². The van der Waals surface area contributed by atoms with Crippen molar-refractivity contribution in [1.29, 1.82) is 0 Å². The quantitative estimate of drug-likeness (QED) is 0.624. The Kier molecular flexibility index (Phi) is 4.73. The Morgan fingerprint density at radius 1 is 1.38 bits per heavy atom. The van der Waals surface area contributed by atoms with Crippen molar-refractivity contribution >= 4 is 36.0 Å². The molecule has 1 aliphatic rings. The third kappa shape index (κ3) is 3.28. The number of hydrogen-bond donors (Lipinski definition) is 0. The molecule has 21 heavy (non-hydrogen) atoms. The summed E-state index contributed by atoms with van der Waals surface area (Å²) in [4.78, 5) is 12.6. The molecule has 1 aromatic rings. The molecule has 7 heteroatoms. The molecule has 0 aliphatic carbocycles. The van der Waals surface area contributed by atoms with Gasteiger partial charge in [-0.15, -0.1) is 11.3 Å². The average molecular weight is 331 g/mol. The van der Waals surface area contributed by atoms with E-state index >= 15 is 0 Å². The molecule has 4 nitrogen and oxygen atoms in total. The monoisotopic (exact) mass is 330 g/mol. The first-order chi connectivity index (χ1) is 9.68. The number of ether oxygens (including phenoxy) is 1. The second kappa shape index (κ2) is 5.91. The van der Waals surface area contributed by atoms with Crippen LogP contribution in [0.3, 0.4) is 0 Å². The zero-order chi connectivity index (χ0) is 15.8. The van der Waals surface area contributed by atoms with Gasteiger partial charge in [-0.3, -0.25) is 4.79 Å². The van der Waals surface area contributed by atoms with Crippen LogP contribution in [0.25, 0.3) is 0 Å². The van der Waals surface area contributed by atoms with Crippen molar-refractivity contribution in [3.8, 4) is 0 Å². The lowest BCUT2D eigenvalue weighted by Crippen LogP contribution is -2.41. The minimum atomic E-state index is -0.523. The lowest BCUT2D eigenvalue weighted by atomic mass is 9.69. The summed E-state index contributed by atoms with van der Waals surface area (Å²) in [6.07, 6.45) is 0.174. The first-order valence-corrected chi connectivity index (χ1v) is 8.09. The van der Waals surface area contributed by atoms with Crippen LogP contribution in [0, 0.1) is 0 Å². The number of esters is 1. The maximum atomic E-state index is 11.7. The Morgan fingerprint density at radius 3 is 2.38 bits per heavy atom. The fourth-order valence-electron chi connectivity index (χ4n) is 2.20. The molecule has 1 aliphatic heterocycles. The van der Waals surface area contributed by atoms with Crippen molar-refractivity contribution in [2.24, 2.45) is 0 Å². The van der Waals surface area contributed by atoms with Crippen molar-refractivity contribution in [2.45, 2.75) is 51.1 Å². The highest BCUT2D eigenvalue weighted by molar-refractivity contribution is 7.11. The Labute approximate surface area is 134 Å². The van der Waals surface area contributed by atoms with Gasteiger partial charge in [-0.1, -0.05) is 11.6 Å². The van der Waals surface area contributed by atoms with E-state index in [1.807, 2.05) is 39.1 Å². The van der Waals surface area contributed by atoms with Crippen molar-refractivity contribution in [3.05, 3.63) is 21.3 Å². The molecule has 1 aromatic heterocycles. The summed E-state index contributed by atoms with van der Waals surface area (Å²) in [6, 6.07) is 1.82. The van der Waals surface area contributed by atoms with Gasteiger partial charge in [0.25, 0.3) is 0 Å². The van der Waals surface area contributed by atoms with E-state index in [-0.39, 0.29) is 18.2 Å². The molecule has 1 atom stereocenters. The van der Waals surface area contributed by atoms with E-state index in [4.69, 9.17) is 25.6 Å². The molecule has 0 spiro atoms. The van der Waals surface area contributed by atoms with Gasteiger partial charge in [-0.05, 0) is 39.1 Å². The van der Waals surface area contributed by atoms with Gasteiger partial charge in [0.2, 0.25) is 0 Å². The Balaban J connectivity index is 2.29. The lowest BCUT2D eigenvalue weighted by Gasteiger charge is -2.32. The van der Waals surface area contributed by atoms with Crippen LogP contribution in [0.5, 0.6) is 0 Å². The van der Waals surface area contributed by atoms with Crippen LogP contribution >= 0.6 is 22.9 Å². The smallest absolute Gasteiger partial charge is 0.467 e. The predicted molar refractivity (Wildman–Crippen MR) is 84.8 cm³/mol. The van der Waals surface area contributed by atoms with E-state index in [2.05, 4.69) is 0 Å². The molecular weight excluding hydrogens is 310 g/mol. The van der Waals surface area contributed by atoms with Gasteiger partial charge in [0.15, 0.2) is 0 Å². The van der Waals surface area contributed by atoms with Crippen LogP contribution in [-0.2, 0) is 18.8 Å². The molecule has 0 bridgehead atoms. The molecule has 1 unspecified atom stereocenters. The average Bonchev–Trinajstić information content (AvgIpc) is 2.88. The second-order valence-electron chi connectivity index (χ2n) is 6.14. The number of hydrogen-bond acceptors (Lipinski definition) is 5. The Morgan fingerprint density at radius 2 is 1.95 bits per heavy atom. The van der Waals surface area contributed by atoms with Crippen molar-refractivity contribution in [3.63, 3.8) is 0 Å². The number of halogens is 1. The summed E-state index contributed by atoms with van der Waals surface area (Å²) in [5.74, 6) is -0.579. The SMILES string of the molecule is COC(=O)CC(B1OC(C)(C)C(C)(C)O1)c1sccc1Cl. The number of thiophene rings is 1. The fraction of sp³-hybridized carbons (Fsp3) is 0.643. The number of carbonyl (C=O) groups excluding carboxylic acids is 1. The molecule has 0 saturated carbocycles. The lowest BCUT2D eigenvalue weighted by molar-refractivity contribution is -0.140. The minimum absolute atomic E-state index is 0.174. The van der Waals surface area contributed by atoms with Gasteiger partial charge in [-0.25, -0.2) is 0 Å². The standard InChI is InChI=1S/C14H20BClO4S/c1-13(2)14(3,4)20-15(19-13)9(8-11(17)18-5)12-10(16)6-7-21-12/h6-7,9H,8H2,1-5H3. The van der Waals surface area contributed by atoms with Crippen molar-refractivity contribution in [1.82, 2.24) is 0 Å². The van der Waals surface area contributed by atoms with Gasteiger partial charge in [0, 0.05) is 10.7 Å². The highest BCUT2D eigenvalue weighted by atomic mass is 35.5. The zero-order valence-electron chi connectivity index (χ0n) is 12.9. The maximum Gasteiger partial charge on any atom is 0.467 e. The summed E-state index contributed by atoms with van der Waals surface area (Å²) in [7, 11) is 0.852. The van der Waals surface area contributed by atoms with Crippen LogP contribution in [0.4, 0.5) is 0 Å². The minimum Gasteiger partial charge on any atom is -0.469 e. The zero-order valence-corrected chi connectivity index (χ0v) is 14.5. The van der Waals surface area contributed by atoms with E-state index in [1.165, 1.54) is 18.4 Å². The summed E-state index contributed by atoms with van der Waals surface area (Å²) in [5, 5.41) is 2.52. The van der Waals surface area contributed by atoms with Gasteiger partial charge in [0.1, 0.15) is 0 Å². The van der Waals surface area contributed by atoms with Crippen LogP contribution in [0.15, 0.2) is 11.4 Å². The van der Waals surface area contributed by atoms with E-state index in [1.54, 1.807) is 0 Å². The van der Waals surface area contributed by atoms with Crippen molar-refractivity contribution in [2.75, 3.05) is 7.11 Å². The molecule has 0 N–H and O–H groups in total. The summed E-state index contributed by atoms with van der Waals surface area (Å²) in [5.41, 5.74) is -0.897. The Hall–Kier alpha value is -0.555. The third-order valence-electron chi connectivity index (χ3n) is 4.20. The van der Waals surface area contributed by atoms with E-state index in [9.17, 15) is 4.79 Å². The molecule has 1 fully saturated rings. The molecule has 2 rings (SSSR count). The van der Waals surface area contributed by atoms with Crippen LogP contribution < -0.4 is 0 Å². The first kappa shape index (κ1) is 16.8. The highest BCUT2D eigenvalue weighted by Crippen LogP contribution is 2.44. The number of carbonyl (C=O) groups is 1. The van der Waals surface area contributed by atoms with Gasteiger partial charge >= 0.3 is 13.1 Å². The Bertz CT molecular complexity index is 513. The molecule has 2 heterocycles. The third-order valence-corrected chi connectivity index (χ3v) is 5.69. The molecule has 116 valence electrons. The van der Waals surface area contributed by atoms with Crippen LogP contribution in [0.1, 0.15) is 44.8 Å². The summed E-state index contributed by atoms with van der Waals surface area (Å²) < 4.78 is 16.9. The molecule has 1 saturated heterocycles. The predicted octanol–water partition coefficient (Wildman–Crippen LogP) is 3.68. The highest BCUT2D eigenvalue weighted by Gasteiger charge is 2.54. The summed E-state index contributed by atoms with van der Waals surface area (Å²) in [6.45, 7) is 7.94. The molecular formula is C14H20BClO4S. The normalized spacial score (nSPS) is 21.3. The van der Waals surface area contributed by atoms with Gasteiger partial charge in [-0.2, -0.15) is 0 Å². The summed E-state index contributed by atoms with van der Waals surface area (Å²) >= 11 is 7.73. The molecule has 0 amide bonds. The van der Waals surface area contributed by atoms with Crippen LogP contribution in [-0.4, -0.2) is 31.4 Å². The second-order valence-corrected chi connectivity index (χ2v) is 7.50. The topological polar surface area (TPSA) is 44.8 Å². The van der Waals surface area contributed by atoms with Crippen molar-refractivity contribution < 1.29 is 18.8 Å². The maximum absolute atomic E-state index is 11.7. The van der Waals surface area contributed by atoms with Gasteiger partial charge in [0.05, 0.1) is 29.8 Å². The first-order valence-electron chi connectivity index (χ1n) is 6.83. The fourth-order valence-corrected chi connectivity index (χ4v) is 3.51. The van der Waals surface area contributed by atoms with E-state index < -0.39 is 18.3 Å². The molecule has 0 radical (unpaired) electrons. The van der Waals surface area contributed by atoms with Gasteiger partial charge < -0.3 is 14.0 Å². The number of methoxy groups -OCH3 is 1. The van der Waals surface area contributed by atoms with E-state index in [0.29, 0.717) is 5.02 Å². The van der Waals surface area contributed by atoms with E-state index in [0.717, 1.165) is 4.88 Å². The molecule has 0 aromatic carbocycles. The number of rotatable bonds is 4.